The van der Waals surface area contributed by atoms with Crippen LogP contribution in [0.2, 0.25) is 10.0 Å². The van der Waals surface area contributed by atoms with Crippen LogP contribution in [-0.4, -0.2) is 36.7 Å². The molecule has 2 rings (SSSR count). The van der Waals surface area contributed by atoms with E-state index >= 15 is 0 Å². The first kappa shape index (κ1) is 23.2. The first-order valence-electron chi connectivity index (χ1n) is 8.83. The van der Waals surface area contributed by atoms with Gasteiger partial charge in [0, 0.05) is 23.3 Å². The smallest absolute Gasteiger partial charge is 0.253 e. The van der Waals surface area contributed by atoms with Crippen molar-refractivity contribution in [2.24, 2.45) is 0 Å². The van der Waals surface area contributed by atoms with Crippen molar-refractivity contribution in [1.29, 1.82) is 0 Å². The molecular formula is C20H20Cl2N4O4. The lowest BCUT2D eigenvalue weighted by Crippen LogP contribution is -2.40. The van der Waals surface area contributed by atoms with Crippen molar-refractivity contribution >= 4 is 58.2 Å². The number of hydrogen-bond acceptors (Lipinski definition) is 4. The highest BCUT2D eigenvalue weighted by atomic mass is 35.5. The predicted octanol–water partition coefficient (Wildman–Crippen LogP) is 2.74. The van der Waals surface area contributed by atoms with Gasteiger partial charge in [0.2, 0.25) is 17.7 Å². The van der Waals surface area contributed by atoms with Crippen LogP contribution >= 0.6 is 23.2 Å². The Morgan fingerprint density at radius 3 is 2.23 bits per heavy atom. The Bertz CT molecular complexity index is 995. The Morgan fingerprint density at radius 2 is 1.57 bits per heavy atom. The number of hydrogen-bond donors (Lipinski definition) is 4. The molecule has 30 heavy (non-hydrogen) atoms. The molecule has 0 aliphatic rings. The second kappa shape index (κ2) is 10.6. The summed E-state index contributed by atoms with van der Waals surface area (Å²) in [4.78, 5) is 47.3. The molecule has 0 aromatic heterocycles. The third kappa shape index (κ3) is 7.06. The van der Waals surface area contributed by atoms with Gasteiger partial charge in [-0.3, -0.25) is 19.2 Å². The number of amides is 4. The standard InChI is InChI=1S/C20H20Cl2N4O4/c1-11-3-5-14(25-12(2)27)8-17(11)26-19(29)10-23-18(28)9-24-20(30)15-6-4-13(21)7-16(15)22/h3-8H,9-10H2,1-2H3,(H,23,28)(H,24,30)(H,25,27)(H,26,29). The molecule has 2 aromatic carbocycles. The van der Waals surface area contributed by atoms with Crippen molar-refractivity contribution in [3.8, 4) is 0 Å². The molecule has 0 heterocycles. The molecule has 10 heteroatoms. The predicted molar refractivity (Wildman–Crippen MR) is 116 cm³/mol. The van der Waals surface area contributed by atoms with Crippen molar-refractivity contribution in [3.63, 3.8) is 0 Å². The largest absolute Gasteiger partial charge is 0.345 e. The molecule has 4 amide bonds. The maximum absolute atomic E-state index is 12.1. The normalized spacial score (nSPS) is 10.1. The summed E-state index contributed by atoms with van der Waals surface area (Å²) < 4.78 is 0. The quantitative estimate of drug-likeness (QED) is 0.518. The molecule has 0 saturated heterocycles. The lowest BCUT2D eigenvalue weighted by Gasteiger charge is -2.12. The lowest BCUT2D eigenvalue weighted by atomic mass is 10.1. The average Bonchev–Trinajstić information content (AvgIpc) is 2.66. The zero-order chi connectivity index (χ0) is 22.3. The van der Waals surface area contributed by atoms with Crippen LogP contribution in [0.3, 0.4) is 0 Å². The van der Waals surface area contributed by atoms with E-state index in [2.05, 4.69) is 21.3 Å². The van der Waals surface area contributed by atoms with Gasteiger partial charge in [0.15, 0.2) is 0 Å². The molecule has 0 aliphatic heterocycles. The molecule has 2 aromatic rings. The van der Waals surface area contributed by atoms with Crippen LogP contribution in [0.4, 0.5) is 11.4 Å². The number of carbonyl (C=O) groups is 4. The van der Waals surface area contributed by atoms with E-state index in [0.29, 0.717) is 16.4 Å². The second-order valence-electron chi connectivity index (χ2n) is 6.34. The molecule has 0 radical (unpaired) electrons. The average molecular weight is 451 g/mol. The molecule has 4 N–H and O–H groups in total. The molecule has 158 valence electrons. The Morgan fingerprint density at radius 1 is 0.867 bits per heavy atom. The van der Waals surface area contributed by atoms with Crippen LogP contribution in [-0.2, 0) is 14.4 Å². The van der Waals surface area contributed by atoms with Gasteiger partial charge in [0.25, 0.3) is 5.91 Å². The number of carbonyl (C=O) groups excluding carboxylic acids is 4. The Kier molecular flexibility index (Phi) is 8.20. The third-order valence-corrected chi connectivity index (χ3v) is 4.41. The number of nitrogens with one attached hydrogen (secondary N) is 4. The van der Waals surface area contributed by atoms with Gasteiger partial charge in [-0.1, -0.05) is 29.3 Å². The van der Waals surface area contributed by atoms with Crippen LogP contribution in [0.1, 0.15) is 22.8 Å². The number of rotatable bonds is 7. The maximum atomic E-state index is 12.1. The zero-order valence-corrected chi connectivity index (χ0v) is 17.8. The molecule has 0 aliphatic carbocycles. The fourth-order valence-corrected chi connectivity index (χ4v) is 2.90. The number of anilines is 2. The van der Waals surface area contributed by atoms with Crippen molar-refractivity contribution in [2.75, 3.05) is 23.7 Å². The summed E-state index contributed by atoms with van der Waals surface area (Å²) in [6.45, 7) is 2.55. The van der Waals surface area contributed by atoms with E-state index in [9.17, 15) is 19.2 Å². The summed E-state index contributed by atoms with van der Waals surface area (Å²) in [6.07, 6.45) is 0. The first-order valence-corrected chi connectivity index (χ1v) is 9.59. The molecular weight excluding hydrogens is 431 g/mol. The minimum atomic E-state index is -0.549. The molecule has 0 saturated carbocycles. The minimum Gasteiger partial charge on any atom is -0.345 e. The number of halogens is 2. The zero-order valence-electron chi connectivity index (χ0n) is 16.3. The Labute approximate surface area is 183 Å². The molecule has 0 spiro atoms. The van der Waals surface area contributed by atoms with E-state index in [0.717, 1.165) is 5.56 Å². The van der Waals surface area contributed by atoms with Gasteiger partial charge in [-0.15, -0.1) is 0 Å². The number of aryl methyl sites for hydroxylation is 1. The lowest BCUT2D eigenvalue weighted by molar-refractivity contribution is -0.123. The minimum absolute atomic E-state index is 0.164. The van der Waals surface area contributed by atoms with E-state index in [1.807, 2.05) is 0 Å². The molecule has 0 bridgehead atoms. The summed E-state index contributed by atoms with van der Waals surface area (Å²) in [7, 11) is 0. The SMILES string of the molecule is CC(=O)Nc1ccc(C)c(NC(=O)CNC(=O)CNC(=O)c2ccc(Cl)cc2Cl)c1. The summed E-state index contributed by atoms with van der Waals surface area (Å²) in [5, 5.41) is 10.7. The fraction of sp³-hybridized carbons (Fsp3) is 0.200. The topological polar surface area (TPSA) is 116 Å². The van der Waals surface area contributed by atoms with Crippen molar-refractivity contribution in [2.45, 2.75) is 13.8 Å². The summed E-state index contributed by atoms with van der Waals surface area (Å²) in [5.74, 6) is -1.78. The van der Waals surface area contributed by atoms with E-state index in [-0.39, 0.29) is 29.6 Å². The van der Waals surface area contributed by atoms with E-state index in [4.69, 9.17) is 23.2 Å². The van der Waals surface area contributed by atoms with Crippen molar-refractivity contribution < 1.29 is 19.2 Å². The number of benzene rings is 2. The highest BCUT2D eigenvalue weighted by molar-refractivity contribution is 6.36. The summed E-state index contributed by atoms with van der Waals surface area (Å²) >= 11 is 11.7. The van der Waals surface area contributed by atoms with Gasteiger partial charge in [-0.05, 0) is 42.8 Å². The van der Waals surface area contributed by atoms with Gasteiger partial charge in [-0.2, -0.15) is 0 Å². The Hall–Kier alpha value is -3.10. The molecule has 0 fully saturated rings. The van der Waals surface area contributed by atoms with Crippen LogP contribution < -0.4 is 21.3 Å². The van der Waals surface area contributed by atoms with Crippen LogP contribution in [0.25, 0.3) is 0 Å². The third-order valence-electron chi connectivity index (χ3n) is 3.86. The van der Waals surface area contributed by atoms with Crippen LogP contribution in [0.5, 0.6) is 0 Å². The monoisotopic (exact) mass is 450 g/mol. The summed E-state index contributed by atoms with van der Waals surface area (Å²) in [6, 6.07) is 9.46. The molecule has 8 nitrogen and oxygen atoms in total. The van der Waals surface area contributed by atoms with Crippen molar-refractivity contribution in [1.82, 2.24) is 10.6 Å². The first-order chi connectivity index (χ1) is 14.2. The highest BCUT2D eigenvalue weighted by Gasteiger charge is 2.13. The van der Waals surface area contributed by atoms with Crippen LogP contribution in [0, 0.1) is 6.92 Å². The van der Waals surface area contributed by atoms with Gasteiger partial charge in [-0.25, -0.2) is 0 Å². The fourth-order valence-electron chi connectivity index (χ4n) is 2.40. The van der Waals surface area contributed by atoms with Gasteiger partial charge in [0.1, 0.15) is 0 Å². The second-order valence-corrected chi connectivity index (χ2v) is 7.19. The molecule has 0 unspecified atom stereocenters. The molecule has 0 atom stereocenters. The van der Waals surface area contributed by atoms with E-state index < -0.39 is 17.7 Å². The Balaban J connectivity index is 1.82. The van der Waals surface area contributed by atoms with Gasteiger partial charge < -0.3 is 21.3 Å². The maximum Gasteiger partial charge on any atom is 0.253 e. The van der Waals surface area contributed by atoms with E-state index in [1.165, 1.54) is 25.1 Å². The van der Waals surface area contributed by atoms with E-state index in [1.54, 1.807) is 25.1 Å². The van der Waals surface area contributed by atoms with Crippen LogP contribution in [0.15, 0.2) is 36.4 Å². The summed E-state index contributed by atoms with van der Waals surface area (Å²) in [5.41, 5.74) is 2.01. The van der Waals surface area contributed by atoms with Crippen molar-refractivity contribution in [3.05, 3.63) is 57.6 Å². The van der Waals surface area contributed by atoms with Gasteiger partial charge >= 0.3 is 0 Å². The van der Waals surface area contributed by atoms with Gasteiger partial charge in [0.05, 0.1) is 23.7 Å². The highest BCUT2D eigenvalue weighted by Crippen LogP contribution is 2.21.